The van der Waals surface area contributed by atoms with E-state index in [4.69, 9.17) is 17.3 Å². The van der Waals surface area contributed by atoms with Crippen LogP contribution < -0.4 is 5.73 Å². The maximum absolute atomic E-state index is 10.8. The van der Waals surface area contributed by atoms with E-state index in [1.54, 1.807) is 0 Å². The second-order valence-corrected chi connectivity index (χ2v) is 7.56. The van der Waals surface area contributed by atoms with E-state index in [9.17, 15) is 4.79 Å². The van der Waals surface area contributed by atoms with Crippen LogP contribution >= 0.6 is 21.6 Å². The van der Waals surface area contributed by atoms with Gasteiger partial charge in [0, 0.05) is 6.92 Å². The van der Waals surface area contributed by atoms with Crippen molar-refractivity contribution in [3.05, 3.63) is 10.1 Å². The Bertz CT molecular complexity index is 205. The van der Waals surface area contributed by atoms with Crippen molar-refractivity contribution in [1.82, 2.24) is 0 Å². The molecule has 2 nitrogen and oxygen atoms in total. The number of ketones is 1. The average Bonchev–Trinajstić information content (AvgIpc) is 1.82. The molecule has 0 aromatic carbocycles. The molecule has 66 valence electrons. The highest BCUT2D eigenvalue weighted by atomic mass is 35.5. The van der Waals surface area contributed by atoms with E-state index >= 15 is 0 Å². The standard InChI is InChI=1S/C7H14ClNOS/c1-5(10)6(8)7(9)11(2,3)4/h9H2,1-4H3. The van der Waals surface area contributed by atoms with E-state index in [0.717, 1.165) is 0 Å². The minimum absolute atomic E-state index is 0.161. The fourth-order valence-corrected chi connectivity index (χ4v) is 1.82. The van der Waals surface area contributed by atoms with Crippen LogP contribution in [0, 0.1) is 0 Å². The molecule has 0 radical (unpaired) electrons. The highest BCUT2D eigenvalue weighted by molar-refractivity contribution is 8.35. The van der Waals surface area contributed by atoms with Crippen LogP contribution in [0.25, 0.3) is 0 Å². The van der Waals surface area contributed by atoms with Gasteiger partial charge in [0.1, 0.15) is 5.03 Å². The van der Waals surface area contributed by atoms with Crippen LogP contribution in [0.15, 0.2) is 10.1 Å². The molecule has 0 rings (SSSR count). The molecule has 0 aliphatic heterocycles. The number of nitrogens with two attached hydrogens (primary N) is 1. The minimum Gasteiger partial charge on any atom is -0.393 e. The summed E-state index contributed by atoms with van der Waals surface area (Å²) in [4.78, 5) is 10.8. The van der Waals surface area contributed by atoms with E-state index < -0.39 is 10.0 Å². The van der Waals surface area contributed by atoms with Crippen molar-refractivity contribution in [1.29, 1.82) is 0 Å². The fraction of sp³-hybridized carbons (Fsp3) is 0.571. The molecular formula is C7H14ClNOS. The summed E-state index contributed by atoms with van der Waals surface area (Å²) < 4.78 is 0. The van der Waals surface area contributed by atoms with Crippen molar-refractivity contribution in [3.63, 3.8) is 0 Å². The summed E-state index contributed by atoms with van der Waals surface area (Å²) in [6, 6.07) is 0. The van der Waals surface area contributed by atoms with E-state index in [0.29, 0.717) is 5.03 Å². The molecule has 0 fully saturated rings. The Morgan fingerprint density at radius 3 is 1.82 bits per heavy atom. The van der Waals surface area contributed by atoms with Crippen LogP contribution in [0.1, 0.15) is 6.92 Å². The van der Waals surface area contributed by atoms with Crippen molar-refractivity contribution >= 4 is 27.4 Å². The molecule has 4 heteroatoms. The van der Waals surface area contributed by atoms with E-state index in [-0.39, 0.29) is 10.8 Å². The zero-order chi connectivity index (χ0) is 9.23. The molecule has 0 amide bonds. The Morgan fingerprint density at radius 1 is 1.36 bits per heavy atom. The Morgan fingerprint density at radius 2 is 1.73 bits per heavy atom. The van der Waals surface area contributed by atoms with E-state index in [1.165, 1.54) is 6.92 Å². The smallest absolute Gasteiger partial charge is 0.173 e. The van der Waals surface area contributed by atoms with Crippen LogP contribution in [0.4, 0.5) is 0 Å². The molecule has 0 heterocycles. The summed E-state index contributed by atoms with van der Waals surface area (Å²) in [6.07, 6.45) is 5.98. The number of rotatable bonds is 2. The van der Waals surface area contributed by atoms with Gasteiger partial charge in [-0.05, 0) is 18.8 Å². The van der Waals surface area contributed by atoms with Gasteiger partial charge in [-0.2, -0.15) is 0 Å². The number of carbonyl (C=O) groups is 1. The fourth-order valence-electron chi connectivity index (χ4n) is 0.442. The van der Waals surface area contributed by atoms with Gasteiger partial charge in [0.15, 0.2) is 5.78 Å². The first kappa shape index (κ1) is 10.8. The highest BCUT2D eigenvalue weighted by Crippen LogP contribution is 2.43. The van der Waals surface area contributed by atoms with Gasteiger partial charge in [-0.25, -0.2) is 10.0 Å². The third-order valence-electron chi connectivity index (χ3n) is 1.19. The Kier molecular flexibility index (Phi) is 3.45. The van der Waals surface area contributed by atoms with Gasteiger partial charge >= 0.3 is 0 Å². The molecule has 0 spiro atoms. The lowest BCUT2D eigenvalue weighted by atomic mass is 10.4. The molecule has 0 atom stereocenters. The molecule has 0 aromatic heterocycles. The van der Waals surface area contributed by atoms with Crippen molar-refractivity contribution in [2.75, 3.05) is 18.8 Å². The summed E-state index contributed by atoms with van der Waals surface area (Å²) in [5.74, 6) is -0.161. The van der Waals surface area contributed by atoms with E-state index in [1.807, 2.05) is 18.8 Å². The zero-order valence-electron chi connectivity index (χ0n) is 7.27. The summed E-state index contributed by atoms with van der Waals surface area (Å²) in [5.41, 5.74) is 5.66. The third-order valence-corrected chi connectivity index (χ3v) is 3.29. The summed E-state index contributed by atoms with van der Waals surface area (Å²) in [7, 11) is -1.04. The second-order valence-electron chi connectivity index (χ2n) is 3.07. The molecule has 2 N–H and O–H groups in total. The molecular weight excluding hydrogens is 182 g/mol. The van der Waals surface area contributed by atoms with Crippen LogP contribution in [0.2, 0.25) is 0 Å². The topological polar surface area (TPSA) is 43.1 Å². The minimum atomic E-state index is -1.04. The normalized spacial score (nSPS) is 15.7. The lowest BCUT2D eigenvalue weighted by molar-refractivity contribution is -0.113. The molecule has 0 bridgehead atoms. The number of carbonyl (C=O) groups excluding carboxylic acids is 1. The zero-order valence-corrected chi connectivity index (χ0v) is 8.84. The van der Waals surface area contributed by atoms with Gasteiger partial charge in [0.2, 0.25) is 0 Å². The van der Waals surface area contributed by atoms with Gasteiger partial charge in [0.05, 0.1) is 5.03 Å². The maximum Gasteiger partial charge on any atom is 0.173 e. The average molecular weight is 196 g/mol. The van der Waals surface area contributed by atoms with Crippen LogP contribution in [0.3, 0.4) is 0 Å². The van der Waals surface area contributed by atoms with Crippen molar-refractivity contribution < 1.29 is 4.79 Å². The van der Waals surface area contributed by atoms with Crippen molar-refractivity contribution in [2.45, 2.75) is 6.92 Å². The van der Waals surface area contributed by atoms with Crippen molar-refractivity contribution in [2.24, 2.45) is 5.73 Å². The number of halogens is 1. The predicted molar refractivity (Wildman–Crippen MR) is 53.1 cm³/mol. The molecule has 0 aliphatic rings. The molecule has 11 heavy (non-hydrogen) atoms. The van der Waals surface area contributed by atoms with Gasteiger partial charge < -0.3 is 5.73 Å². The lowest BCUT2D eigenvalue weighted by Crippen LogP contribution is -2.10. The molecule has 0 aliphatic carbocycles. The Balaban J connectivity index is 4.82. The quantitative estimate of drug-likeness (QED) is 0.681. The number of Topliss-reactive ketones (excluding diaryl/α,β-unsaturated/α-hetero) is 1. The first-order valence-corrected chi connectivity index (χ1v) is 6.35. The van der Waals surface area contributed by atoms with Gasteiger partial charge in [-0.3, -0.25) is 4.79 Å². The second kappa shape index (κ2) is 3.50. The van der Waals surface area contributed by atoms with Crippen LogP contribution in [0.5, 0.6) is 0 Å². The molecule has 0 aromatic rings. The SMILES string of the molecule is CC(=O)C(Cl)=C(N)S(C)(C)C. The van der Waals surface area contributed by atoms with Crippen molar-refractivity contribution in [3.8, 4) is 0 Å². The molecule has 0 saturated carbocycles. The highest BCUT2D eigenvalue weighted by Gasteiger charge is 2.14. The summed E-state index contributed by atoms with van der Waals surface area (Å²) >= 11 is 5.68. The predicted octanol–water partition coefficient (Wildman–Crippen LogP) is 1.64. The lowest BCUT2D eigenvalue weighted by Gasteiger charge is -2.26. The number of hydrogen-bond acceptors (Lipinski definition) is 2. The van der Waals surface area contributed by atoms with Gasteiger partial charge in [-0.1, -0.05) is 11.6 Å². The Hall–Kier alpha value is -0.150. The summed E-state index contributed by atoms with van der Waals surface area (Å²) in [6.45, 7) is 1.42. The Labute approximate surface area is 74.1 Å². The summed E-state index contributed by atoms with van der Waals surface area (Å²) in [5, 5.41) is 0.721. The largest absolute Gasteiger partial charge is 0.393 e. The maximum atomic E-state index is 10.8. The first-order valence-electron chi connectivity index (χ1n) is 3.11. The third kappa shape index (κ3) is 3.16. The van der Waals surface area contributed by atoms with Gasteiger partial charge in [-0.15, -0.1) is 0 Å². The van der Waals surface area contributed by atoms with Crippen LogP contribution in [-0.2, 0) is 4.79 Å². The molecule has 0 unspecified atom stereocenters. The van der Waals surface area contributed by atoms with Gasteiger partial charge in [0.25, 0.3) is 0 Å². The monoisotopic (exact) mass is 195 g/mol. The number of hydrogen-bond donors (Lipinski definition) is 1. The van der Waals surface area contributed by atoms with Crippen LogP contribution in [-0.4, -0.2) is 24.6 Å². The molecule has 0 saturated heterocycles. The van der Waals surface area contributed by atoms with E-state index in [2.05, 4.69) is 0 Å². The number of allylic oxidation sites excluding steroid dienone is 1. The first-order chi connectivity index (χ1) is 4.76.